The minimum absolute atomic E-state index is 0.119. The van der Waals surface area contributed by atoms with E-state index in [1.165, 1.54) is 49.5 Å². The fourth-order valence-electron chi connectivity index (χ4n) is 8.18. The quantitative estimate of drug-likeness (QED) is 0.193. The summed E-state index contributed by atoms with van der Waals surface area (Å²) in [6.07, 6.45) is 0. The van der Waals surface area contributed by atoms with E-state index in [2.05, 4.69) is 176 Å². The molecule has 0 spiro atoms. The fourth-order valence-corrected chi connectivity index (χ4v) is 8.18. The number of fused-ring (bicyclic) bond motifs is 8. The van der Waals surface area contributed by atoms with Crippen LogP contribution >= 0.6 is 0 Å². The summed E-state index contributed by atoms with van der Waals surface area (Å²) < 4.78 is 6.33. The van der Waals surface area contributed by atoms with Crippen LogP contribution in [0.25, 0.3) is 65.7 Å². The molecule has 0 radical (unpaired) electrons. The van der Waals surface area contributed by atoms with E-state index in [1.54, 1.807) is 0 Å². The van der Waals surface area contributed by atoms with Crippen molar-refractivity contribution in [2.24, 2.45) is 0 Å². The molecule has 0 saturated heterocycles. The van der Waals surface area contributed by atoms with Gasteiger partial charge in [0.25, 0.3) is 0 Å². The maximum atomic E-state index is 6.33. The van der Waals surface area contributed by atoms with E-state index in [0.29, 0.717) is 0 Å². The first-order valence-electron chi connectivity index (χ1n) is 17.0. The molecule has 0 N–H and O–H groups in total. The van der Waals surface area contributed by atoms with E-state index in [9.17, 15) is 0 Å². The Hall–Kier alpha value is -6.12. The SMILES string of the molecule is CC1(C)c2ccccc2-c2ccc(N(c3ccccc3-c3ccc4ccccc4c3)c3cccc4cc5oc6ccccc6c5cc34)cc21. The Kier molecular flexibility index (Phi) is 5.95. The molecule has 1 aliphatic rings. The molecule has 0 unspecified atom stereocenters. The smallest absolute Gasteiger partial charge is 0.136 e. The van der Waals surface area contributed by atoms with Gasteiger partial charge in [-0.2, -0.15) is 0 Å². The topological polar surface area (TPSA) is 16.4 Å². The zero-order valence-corrected chi connectivity index (χ0v) is 27.4. The Morgan fingerprint density at radius 1 is 0.429 bits per heavy atom. The molecule has 0 saturated carbocycles. The highest BCUT2D eigenvalue weighted by Crippen LogP contribution is 2.52. The summed E-state index contributed by atoms with van der Waals surface area (Å²) in [5.74, 6) is 0. The average molecular weight is 628 g/mol. The second-order valence-electron chi connectivity index (χ2n) is 13.8. The third kappa shape index (κ3) is 4.20. The van der Waals surface area contributed by atoms with Gasteiger partial charge in [-0.3, -0.25) is 0 Å². The Morgan fingerprint density at radius 2 is 1.14 bits per heavy atom. The van der Waals surface area contributed by atoms with E-state index >= 15 is 0 Å². The summed E-state index contributed by atoms with van der Waals surface area (Å²) in [7, 11) is 0. The minimum atomic E-state index is -0.119. The molecule has 1 heterocycles. The van der Waals surface area contributed by atoms with E-state index < -0.39 is 0 Å². The minimum Gasteiger partial charge on any atom is -0.456 e. The highest BCUT2D eigenvalue weighted by Gasteiger charge is 2.36. The van der Waals surface area contributed by atoms with Crippen molar-refractivity contribution >= 4 is 60.5 Å². The van der Waals surface area contributed by atoms with Crippen LogP contribution in [0.3, 0.4) is 0 Å². The van der Waals surface area contributed by atoms with Crippen LogP contribution in [-0.4, -0.2) is 0 Å². The summed E-state index contributed by atoms with van der Waals surface area (Å²) >= 11 is 0. The molecule has 232 valence electrons. The van der Waals surface area contributed by atoms with Crippen LogP contribution in [-0.2, 0) is 5.41 Å². The van der Waals surface area contributed by atoms with Crippen LogP contribution in [0.1, 0.15) is 25.0 Å². The summed E-state index contributed by atoms with van der Waals surface area (Å²) in [5.41, 5.74) is 12.9. The summed E-state index contributed by atoms with van der Waals surface area (Å²) in [6, 6.07) is 59.7. The standard InChI is InChI=1S/C47H33NO/c1-47(2)41-18-8-5-16-36(41)37-25-24-34(28-42(37)47)48(43-19-9-6-15-35(43)33-23-22-30-12-3-4-13-31(30)26-33)44-20-11-14-32-27-46-40(29-39(32)44)38-17-7-10-21-45(38)49-46/h3-29H,1-2H3. The maximum absolute atomic E-state index is 6.33. The van der Waals surface area contributed by atoms with Crippen LogP contribution < -0.4 is 4.90 Å². The summed E-state index contributed by atoms with van der Waals surface area (Å²) in [4.78, 5) is 2.47. The number of anilines is 3. The van der Waals surface area contributed by atoms with Crippen molar-refractivity contribution in [3.05, 3.63) is 175 Å². The van der Waals surface area contributed by atoms with Gasteiger partial charge >= 0.3 is 0 Å². The van der Waals surface area contributed by atoms with Crippen molar-refractivity contribution in [2.75, 3.05) is 4.90 Å². The molecule has 0 bridgehead atoms. The van der Waals surface area contributed by atoms with Gasteiger partial charge < -0.3 is 9.32 Å². The second kappa shape index (κ2) is 10.4. The van der Waals surface area contributed by atoms with Gasteiger partial charge in [0.05, 0.1) is 11.4 Å². The predicted molar refractivity (Wildman–Crippen MR) is 206 cm³/mol. The van der Waals surface area contributed by atoms with Gasteiger partial charge in [0, 0.05) is 32.8 Å². The van der Waals surface area contributed by atoms with Crippen molar-refractivity contribution in [1.29, 1.82) is 0 Å². The van der Waals surface area contributed by atoms with Crippen LogP contribution in [0.15, 0.2) is 168 Å². The molecule has 0 atom stereocenters. The Labute approximate surface area is 285 Å². The highest BCUT2D eigenvalue weighted by molar-refractivity contribution is 6.13. The molecule has 8 aromatic carbocycles. The molecule has 1 aromatic heterocycles. The number of hydrogen-bond donors (Lipinski definition) is 0. The van der Waals surface area contributed by atoms with Crippen molar-refractivity contribution in [2.45, 2.75) is 19.3 Å². The van der Waals surface area contributed by atoms with Crippen LogP contribution in [0.2, 0.25) is 0 Å². The Morgan fingerprint density at radius 3 is 2.06 bits per heavy atom. The average Bonchev–Trinajstić information content (AvgIpc) is 3.62. The molecule has 1 aliphatic carbocycles. The molecule has 0 amide bonds. The normalized spacial score (nSPS) is 13.3. The van der Waals surface area contributed by atoms with Crippen LogP contribution in [0.4, 0.5) is 17.1 Å². The molecule has 2 heteroatoms. The van der Waals surface area contributed by atoms with E-state index in [-0.39, 0.29) is 5.41 Å². The highest BCUT2D eigenvalue weighted by atomic mass is 16.3. The van der Waals surface area contributed by atoms with Crippen molar-refractivity contribution in [3.63, 3.8) is 0 Å². The van der Waals surface area contributed by atoms with Gasteiger partial charge in [0.2, 0.25) is 0 Å². The fraction of sp³-hybridized carbons (Fsp3) is 0.0638. The number of nitrogens with zero attached hydrogens (tertiary/aromatic N) is 1. The number of para-hydroxylation sites is 2. The molecule has 2 nitrogen and oxygen atoms in total. The molecule has 9 aromatic rings. The first-order valence-corrected chi connectivity index (χ1v) is 17.0. The lowest BCUT2D eigenvalue weighted by atomic mass is 9.82. The van der Waals surface area contributed by atoms with Gasteiger partial charge in [-0.15, -0.1) is 0 Å². The van der Waals surface area contributed by atoms with Crippen molar-refractivity contribution in [1.82, 2.24) is 0 Å². The molecule has 0 fully saturated rings. The van der Waals surface area contributed by atoms with Crippen LogP contribution in [0.5, 0.6) is 0 Å². The van der Waals surface area contributed by atoms with Crippen molar-refractivity contribution < 1.29 is 4.42 Å². The number of furan rings is 1. The molecular weight excluding hydrogens is 595 g/mol. The third-order valence-corrected chi connectivity index (χ3v) is 10.6. The van der Waals surface area contributed by atoms with Gasteiger partial charge in [-0.1, -0.05) is 129 Å². The van der Waals surface area contributed by atoms with Gasteiger partial charge in [-0.25, -0.2) is 0 Å². The van der Waals surface area contributed by atoms with Gasteiger partial charge in [0.1, 0.15) is 11.2 Å². The molecular formula is C47H33NO. The first kappa shape index (κ1) is 27.9. The van der Waals surface area contributed by atoms with E-state index in [1.807, 2.05) is 6.07 Å². The predicted octanol–water partition coefficient (Wildman–Crippen LogP) is 13.3. The monoisotopic (exact) mass is 627 g/mol. The van der Waals surface area contributed by atoms with Crippen LogP contribution in [0, 0.1) is 0 Å². The summed E-state index contributed by atoms with van der Waals surface area (Å²) in [6.45, 7) is 4.71. The second-order valence-corrected chi connectivity index (χ2v) is 13.8. The lowest BCUT2D eigenvalue weighted by molar-refractivity contribution is 0.660. The number of benzene rings is 8. The zero-order chi connectivity index (χ0) is 32.7. The van der Waals surface area contributed by atoms with Gasteiger partial charge in [0.15, 0.2) is 0 Å². The molecule has 10 rings (SSSR count). The molecule has 49 heavy (non-hydrogen) atoms. The lowest BCUT2D eigenvalue weighted by Crippen LogP contribution is -2.17. The number of rotatable bonds is 4. The first-order chi connectivity index (χ1) is 24.0. The zero-order valence-electron chi connectivity index (χ0n) is 27.4. The third-order valence-electron chi connectivity index (χ3n) is 10.6. The molecule has 0 aliphatic heterocycles. The Balaban J connectivity index is 1.26. The largest absolute Gasteiger partial charge is 0.456 e. The number of hydrogen-bond acceptors (Lipinski definition) is 2. The lowest BCUT2D eigenvalue weighted by Gasteiger charge is -2.30. The maximum Gasteiger partial charge on any atom is 0.136 e. The Bertz CT molecular complexity index is 2770. The summed E-state index contributed by atoms with van der Waals surface area (Å²) in [5, 5.41) is 7.06. The van der Waals surface area contributed by atoms with Crippen molar-refractivity contribution in [3.8, 4) is 22.3 Å². The van der Waals surface area contributed by atoms with E-state index in [0.717, 1.165) is 44.4 Å². The van der Waals surface area contributed by atoms with Gasteiger partial charge in [-0.05, 0) is 92.5 Å². The van der Waals surface area contributed by atoms with E-state index in [4.69, 9.17) is 4.42 Å².